The number of aromatic nitrogens is 2. The van der Waals surface area contributed by atoms with Crippen LogP contribution in [0.1, 0.15) is 83.3 Å². The fourth-order valence-electron chi connectivity index (χ4n) is 5.55. The second-order valence-corrected chi connectivity index (χ2v) is 23.6. The van der Waals surface area contributed by atoms with Crippen LogP contribution in [-0.2, 0) is 13.1 Å². The van der Waals surface area contributed by atoms with Crippen LogP contribution in [-0.4, -0.2) is 22.9 Å². The predicted molar refractivity (Wildman–Crippen MR) is 160 cm³/mol. The Kier molecular flexibility index (Phi) is 12.9. The van der Waals surface area contributed by atoms with E-state index in [4.69, 9.17) is 0 Å². The third kappa shape index (κ3) is 8.94. The van der Waals surface area contributed by atoms with Crippen molar-refractivity contribution in [2.45, 2.75) is 98.5 Å². The van der Waals surface area contributed by atoms with Crippen LogP contribution in [0.5, 0.6) is 0 Å². The topological polar surface area (TPSA) is 8.81 Å². The van der Waals surface area contributed by atoms with Gasteiger partial charge in [0.2, 0.25) is 0 Å². The van der Waals surface area contributed by atoms with Crippen molar-refractivity contribution in [3.63, 3.8) is 0 Å². The number of aryl methyl sites for hydroxylation is 2. The van der Waals surface area contributed by atoms with Crippen molar-refractivity contribution in [3.05, 3.63) is 90.5 Å². The Morgan fingerprint density at radius 2 is 1.36 bits per heavy atom. The van der Waals surface area contributed by atoms with E-state index in [1.165, 1.54) is 75.8 Å². The molecule has 3 aromatic rings. The second-order valence-electron chi connectivity index (χ2n) is 10.5. The average molecular weight is 592 g/mol. The zero-order chi connectivity index (χ0) is 25.5. The molecule has 0 unspecified atom stereocenters. The van der Waals surface area contributed by atoms with Gasteiger partial charge in [0.25, 0.3) is 0 Å². The molecule has 1 heterocycles. The van der Waals surface area contributed by atoms with E-state index < -0.39 is 18.4 Å². The molecule has 194 valence electrons. The Labute approximate surface area is 225 Å². The molecule has 0 aliphatic rings. The van der Waals surface area contributed by atoms with Crippen LogP contribution in [0.15, 0.2) is 79.4 Å². The monoisotopic (exact) mass is 593 g/mol. The van der Waals surface area contributed by atoms with Gasteiger partial charge in [0.15, 0.2) is 0 Å². The summed E-state index contributed by atoms with van der Waals surface area (Å²) in [4.78, 5) is 0. The van der Waals surface area contributed by atoms with Gasteiger partial charge >= 0.3 is 226 Å². The van der Waals surface area contributed by atoms with Crippen molar-refractivity contribution in [3.8, 4) is 0 Å². The van der Waals surface area contributed by atoms with E-state index in [1.54, 1.807) is 3.59 Å². The molecule has 2 aromatic carbocycles. The molecule has 0 radical (unpaired) electrons. The van der Waals surface area contributed by atoms with Crippen LogP contribution in [0.2, 0.25) is 13.3 Å². The standard InChI is InChI=1S/C14H11.C11H20N2.2C4H9.Sn/c1-3-7-13(8-4-1)11-12-14-9-5-2-6-10-14;1-3-5-6-7-8-13-10-9-12(4-2)11-13;2*1-3-4-2;/h1-11H;9-11H,1,3-8H2,2H3;2*1,3-4H2,2H3;/q;+1;;;. The van der Waals surface area contributed by atoms with Gasteiger partial charge in [0.05, 0.1) is 0 Å². The SMILES string of the molecule is CCC[CH2][Sn]([CH2]CCC)([CH2]CCCCC[n+]1ccn(CC)c1)/[C](=C/c1ccccc1)c1ccccc1. The van der Waals surface area contributed by atoms with Gasteiger partial charge in [0, 0.05) is 0 Å². The van der Waals surface area contributed by atoms with Crippen molar-refractivity contribution >= 4 is 28.0 Å². The summed E-state index contributed by atoms with van der Waals surface area (Å²) in [5.74, 6) is 0. The van der Waals surface area contributed by atoms with Crippen LogP contribution in [0.4, 0.5) is 0 Å². The Morgan fingerprint density at radius 3 is 1.97 bits per heavy atom. The van der Waals surface area contributed by atoms with E-state index in [0.717, 1.165) is 13.1 Å². The predicted octanol–water partition coefficient (Wildman–Crippen LogP) is 9.18. The molecular formula is C33H49N2Sn+. The summed E-state index contributed by atoms with van der Waals surface area (Å²) in [5.41, 5.74) is 2.88. The quantitative estimate of drug-likeness (QED) is 0.0640. The van der Waals surface area contributed by atoms with Crippen molar-refractivity contribution < 1.29 is 4.57 Å². The van der Waals surface area contributed by atoms with Gasteiger partial charge in [-0.15, -0.1) is 0 Å². The third-order valence-electron chi connectivity index (χ3n) is 7.72. The van der Waals surface area contributed by atoms with E-state index in [2.05, 4.69) is 115 Å². The first-order chi connectivity index (χ1) is 17.7. The van der Waals surface area contributed by atoms with Crippen LogP contribution in [0.3, 0.4) is 0 Å². The molecule has 0 saturated heterocycles. The summed E-state index contributed by atoms with van der Waals surface area (Å²) in [7, 11) is 0. The molecule has 3 rings (SSSR count). The van der Waals surface area contributed by atoms with Crippen LogP contribution < -0.4 is 4.57 Å². The van der Waals surface area contributed by atoms with Crippen LogP contribution in [0.25, 0.3) is 9.67 Å². The Hall–Kier alpha value is -1.81. The molecule has 0 spiro atoms. The van der Waals surface area contributed by atoms with E-state index >= 15 is 0 Å². The molecule has 0 fully saturated rings. The third-order valence-corrected chi connectivity index (χ3v) is 23.4. The first-order valence-electron chi connectivity index (χ1n) is 14.6. The molecular weight excluding hydrogens is 543 g/mol. The maximum atomic E-state index is 2.60. The molecule has 0 aliphatic heterocycles. The van der Waals surface area contributed by atoms with Gasteiger partial charge < -0.3 is 0 Å². The molecule has 2 nitrogen and oxygen atoms in total. The number of hydrogen-bond donors (Lipinski definition) is 0. The fraction of sp³-hybridized carbons (Fsp3) is 0.485. The van der Waals surface area contributed by atoms with Gasteiger partial charge in [-0.1, -0.05) is 0 Å². The molecule has 0 atom stereocenters. The number of imidazole rings is 1. The van der Waals surface area contributed by atoms with Crippen molar-refractivity contribution in [1.82, 2.24) is 4.57 Å². The average Bonchev–Trinajstić information content (AvgIpc) is 3.40. The molecule has 0 bridgehead atoms. The minimum atomic E-state index is -2.64. The molecule has 0 aliphatic carbocycles. The first-order valence-corrected chi connectivity index (χ1v) is 22.1. The summed E-state index contributed by atoms with van der Waals surface area (Å²) in [5, 5.41) is 0. The summed E-state index contributed by atoms with van der Waals surface area (Å²) in [6.45, 7) is 9.16. The molecule has 1 aromatic heterocycles. The normalized spacial score (nSPS) is 12.2. The van der Waals surface area contributed by atoms with Gasteiger partial charge in [-0.3, -0.25) is 0 Å². The van der Waals surface area contributed by atoms with Gasteiger partial charge in [0.1, 0.15) is 0 Å². The molecule has 0 saturated carbocycles. The summed E-state index contributed by atoms with van der Waals surface area (Å²) in [6, 6.07) is 22.5. The first kappa shape index (κ1) is 28.8. The van der Waals surface area contributed by atoms with E-state index in [9.17, 15) is 0 Å². The zero-order valence-corrected chi connectivity index (χ0v) is 26.0. The van der Waals surface area contributed by atoms with E-state index in [-0.39, 0.29) is 0 Å². The van der Waals surface area contributed by atoms with Gasteiger partial charge in [-0.05, 0) is 0 Å². The molecule has 0 amide bonds. The van der Waals surface area contributed by atoms with Gasteiger partial charge in [-0.25, -0.2) is 0 Å². The zero-order valence-electron chi connectivity index (χ0n) is 23.2. The summed E-state index contributed by atoms with van der Waals surface area (Å²) in [6.07, 6.45) is 20.1. The second kappa shape index (κ2) is 16.1. The molecule has 3 heteroatoms. The number of benzene rings is 2. The number of unbranched alkanes of at least 4 members (excludes halogenated alkanes) is 5. The number of rotatable bonds is 17. The number of hydrogen-bond acceptors (Lipinski definition) is 0. The van der Waals surface area contributed by atoms with Crippen molar-refractivity contribution in [1.29, 1.82) is 0 Å². The maximum absolute atomic E-state index is 2.64. The summed E-state index contributed by atoms with van der Waals surface area (Å²) < 4.78 is 10.9. The van der Waals surface area contributed by atoms with E-state index in [1.807, 2.05) is 0 Å². The minimum absolute atomic E-state index is 1.05. The summed E-state index contributed by atoms with van der Waals surface area (Å²) >= 11 is -2.64. The van der Waals surface area contributed by atoms with Crippen molar-refractivity contribution in [2.75, 3.05) is 0 Å². The van der Waals surface area contributed by atoms with Crippen LogP contribution in [0, 0.1) is 0 Å². The van der Waals surface area contributed by atoms with Crippen molar-refractivity contribution in [2.24, 2.45) is 0 Å². The van der Waals surface area contributed by atoms with E-state index in [0.29, 0.717) is 0 Å². The fourth-order valence-corrected chi connectivity index (χ4v) is 22.1. The molecule has 36 heavy (non-hydrogen) atoms. The van der Waals surface area contributed by atoms with Crippen LogP contribution >= 0.6 is 0 Å². The van der Waals surface area contributed by atoms with Gasteiger partial charge in [-0.2, -0.15) is 0 Å². The Bertz CT molecular complexity index is 998. The molecule has 0 N–H and O–H groups in total. The Morgan fingerprint density at radius 1 is 0.750 bits per heavy atom. The Balaban J connectivity index is 1.78. The number of nitrogens with zero attached hydrogens (tertiary/aromatic N) is 2.